The normalized spacial score (nSPS) is 17.8. The molecule has 0 radical (unpaired) electrons. The van der Waals surface area contributed by atoms with E-state index in [1.54, 1.807) is 35.0 Å². The van der Waals surface area contributed by atoms with Crippen LogP contribution in [0.4, 0.5) is 22.0 Å². The van der Waals surface area contributed by atoms with Gasteiger partial charge in [0, 0.05) is 45.5 Å². The van der Waals surface area contributed by atoms with Gasteiger partial charge in [-0.3, -0.25) is 14.5 Å². The number of amides is 2. The molecule has 0 unspecified atom stereocenters. The van der Waals surface area contributed by atoms with Gasteiger partial charge in [-0.05, 0) is 18.6 Å². The number of hydrogen-bond donors (Lipinski definition) is 1. The fraction of sp³-hybridized carbons (Fsp3) is 0.333. The highest BCUT2D eigenvalue weighted by molar-refractivity contribution is 6.05. The van der Waals surface area contributed by atoms with Crippen LogP contribution in [0.25, 0.3) is 0 Å². The SMILES string of the molecule is CC(=O)c1ccc2c(n1)N(C(=O)Nc1cn(C)ccc1=O)[C@H]1CCN2C1. The molecule has 2 aromatic heterocycles. The number of aromatic nitrogens is 2. The number of urea groups is 1. The zero-order valence-corrected chi connectivity index (χ0v) is 14.6. The molecule has 2 aliphatic heterocycles. The summed E-state index contributed by atoms with van der Waals surface area (Å²) in [6.07, 6.45) is 4.02. The zero-order chi connectivity index (χ0) is 18.4. The monoisotopic (exact) mass is 353 g/mol. The van der Waals surface area contributed by atoms with Gasteiger partial charge in [0.15, 0.2) is 11.6 Å². The third-order valence-electron chi connectivity index (χ3n) is 4.83. The molecule has 1 N–H and O–H groups in total. The molecule has 1 saturated heterocycles. The largest absolute Gasteiger partial charge is 0.366 e. The third-order valence-corrected chi connectivity index (χ3v) is 4.83. The second-order valence-electron chi connectivity index (χ2n) is 6.67. The first-order chi connectivity index (χ1) is 12.4. The average Bonchev–Trinajstić information content (AvgIpc) is 3.02. The van der Waals surface area contributed by atoms with E-state index in [1.807, 2.05) is 6.07 Å². The molecule has 4 heterocycles. The molecular formula is C18H19N5O3. The summed E-state index contributed by atoms with van der Waals surface area (Å²) in [7, 11) is 1.78. The number of aryl methyl sites for hydroxylation is 1. The van der Waals surface area contributed by atoms with Crippen molar-refractivity contribution in [2.24, 2.45) is 7.05 Å². The summed E-state index contributed by atoms with van der Waals surface area (Å²) in [5.74, 6) is 0.315. The first-order valence-corrected chi connectivity index (χ1v) is 8.47. The molecule has 8 nitrogen and oxygen atoms in total. The van der Waals surface area contributed by atoms with E-state index in [1.165, 1.54) is 13.0 Å². The van der Waals surface area contributed by atoms with E-state index in [0.717, 1.165) is 18.7 Å². The number of hydrogen-bond acceptors (Lipinski definition) is 5. The number of rotatable bonds is 2. The molecule has 2 aliphatic rings. The summed E-state index contributed by atoms with van der Waals surface area (Å²) >= 11 is 0. The van der Waals surface area contributed by atoms with Gasteiger partial charge in [-0.25, -0.2) is 9.78 Å². The molecule has 0 aromatic carbocycles. The zero-order valence-electron chi connectivity index (χ0n) is 14.6. The number of nitrogens with one attached hydrogen (secondary N) is 1. The van der Waals surface area contributed by atoms with Crippen LogP contribution < -0.4 is 20.5 Å². The van der Waals surface area contributed by atoms with Crippen molar-refractivity contribution >= 4 is 29.0 Å². The molecule has 26 heavy (non-hydrogen) atoms. The Hall–Kier alpha value is -3.16. The van der Waals surface area contributed by atoms with Crippen LogP contribution in [-0.2, 0) is 7.05 Å². The van der Waals surface area contributed by atoms with E-state index < -0.39 is 6.03 Å². The van der Waals surface area contributed by atoms with Gasteiger partial charge < -0.3 is 14.8 Å². The summed E-state index contributed by atoms with van der Waals surface area (Å²) in [5.41, 5.74) is 1.11. The Bertz CT molecular complexity index is 968. The van der Waals surface area contributed by atoms with Crippen molar-refractivity contribution in [3.8, 4) is 0 Å². The summed E-state index contributed by atoms with van der Waals surface area (Å²) in [5, 5.41) is 2.70. The van der Waals surface area contributed by atoms with Gasteiger partial charge >= 0.3 is 6.03 Å². The Kier molecular flexibility index (Phi) is 3.75. The number of ketones is 1. The highest BCUT2D eigenvalue weighted by Crippen LogP contribution is 2.39. The van der Waals surface area contributed by atoms with E-state index in [9.17, 15) is 14.4 Å². The number of carbonyl (C=O) groups is 2. The molecule has 2 aromatic rings. The number of anilines is 3. The number of pyridine rings is 2. The van der Waals surface area contributed by atoms with Crippen LogP contribution in [0.15, 0.2) is 35.4 Å². The van der Waals surface area contributed by atoms with Gasteiger partial charge in [-0.15, -0.1) is 0 Å². The number of carbonyl (C=O) groups excluding carboxylic acids is 2. The molecule has 8 heteroatoms. The lowest BCUT2D eigenvalue weighted by atomic mass is 10.1. The van der Waals surface area contributed by atoms with Gasteiger partial charge in [0.05, 0.1) is 11.7 Å². The molecule has 0 aliphatic carbocycles. The van der Waals surface area contributed by atoms with Crippen molar-refractivity contribution in [1.82, 2.24) is 9.55 Å². The Labute approximate surface area is 150 Å². The van der Waals surface area contributed by atoms with E-state index in [0.29, 0.717) is 18.1 Å². The van der Waals surface area contributed by atoms with Gasteiger partial charge in [-0.1, -0.05) is 0 Å². The van der Waals surface area contributed by atoms with Crippen molar-refractivity contribution < 1.29 is 9.59 Å². The van der Waals surface area contributed by atoms with Crippen LogP contribution in [0.1, 0.15) is 23.8 Å². The van der Waals surface area contributed by atoms with Crippen molar-refractivity contribution in [3.63, 3.8) is 0 Å². The topological polar surface area (TPSA) is 87.5 Å². The molecular weight excluding hydrogens is 334 g/mol. The Morgan fingerprint density at radius 2 is 2.08 bits per heavy atom. The van der Waals surface area contributed by atoms with Gasteiger partial charge in [0.2, 0.25) is 5.43 Å². The maximum absolute atomic E-state index is 13.0. The molecule has 0 spiro atoms. The lowest BCUT2D eigenvalue weighted by molar-refractivity contribution is 0.101. The van der Waals surface area contributed by atoms with E-state index in [2.05, 4.69) is 15.2 Å². The first-order valence-electron chi connectivity index (χ1n) is 8.47. The summed E-state index contributed by atoms with van der Waals surface area (Å²) in [6.45, 7) is 2.99. The van der Waals surface area contributed by atoms with Crippen molar-refractivity contribution in [2.45, 2.75) is 19.4 Å². The molecule has 2 bridgehead atoms. The van der Waals surface area contributed by atoms with Crippen LogP contribution in [0.2, 0.25) is 0 Å². The second-order valence-corrected chi connectivity index (χ2v) is 6.67. The first kappa shape index (κ1) is 16.3. The van der Waals surface area contributed by atoms with Crippen molar-refractivity contribution in [1.29, 1.82) is 0 Å². The maximum atomic E-state index is 13.0. The highest BCUT2D eigenvalue weighted by atomic mass is 16.2. The minimum Gasteiger partial charge on any atom is -0.366 e. The number of fused-ring (bicyclic) bond motifs is 4. The molecule has 4 rings (SSSR count). The standard InChI is InChI=1S/C18H19N5O3/c1-11(24)13-3-4-15-17(19-13)23(12-5-8-22(15)9-12)18(26)20-14-10-21(2)7-6-16(14)25/h3-4,6-7,10,12H,5,8-9H2,1-2H3,(H,20,26)/t12-/m0/s1. The lowest BCUT2D eigenvalue weighted by Gasteiger charge is -2.35. The molecule has 2 amide bonds. The van der Waals surface area contributed by atoms with Gasteiger partial charge in [-0.2, -0.15) is 0 Å². The smallest absolute Gasteiger partial charge is 0.328 e. The lowest BCUT2D eigenvalue weighted by Crippen LogP contribution is -2.48. The Balaban J connectivity index is 1.73. The third kappa shape index (κ3) is 2.63. The molecule has 1 atom stereocenters. The number of nitrogens with zero attached hydrogens (tertiary/aromatic N) is 4. The maximum Gasteiger partial charge on any atom is 0.328 e. The van der Waals surface area contributed by atoms with Crippen LogP contribution in [-0.4, -0.2) is 40.5 Å². The van der Waals surface area contributed by atoms with Gasteiger partial charge in [0.1, 0.15) is 11.4 Å². The van der Waals surface area contributed by atoms with Crippen molar-refractivity contribution in [2.75, 3.05) is 28.2 Å². The van der Waals surface area contributed by atoms with Crippen LogP contribution in [0.5, 0.6) is 0 Å². The second kappa shape index (κ2) is 5.98. The minimum atomic E-state index is -0.408. The quantitative estimate of drug-likeness (QED) is 0.829. The van der Waals surface area contributed by atoms with Crippen LogP contribution in [0.3, 0.4) is 0 Å². The van der Waals surface area contributed by atoms with E-state index >= 15 is 0 Å². The predicted molar refractivity (Wildman–Crippen MR) is 98.0 cm³/mol. The fourth-order valence-electron chi connectivity index (χ4n) is 3.52. The fourth-order valence-corrected chi connectivity index (χ4v) is 3.52. The summed E-state index contributed by atoms with van der Waals surface area (Å²) in [4.78, 5) is 44.9. The number of Topliss-reactive ketones (excluding diaryl/α,β-unsaturated/α-hetero) is 1. The predicted octanol–water partition coefficient (Wildman–Crippen LogP) is 1.61. The van der Waals surface area contributed by atoms with E-state index in [4.69, 9.17) is 0 Å². The van der Waals surface area contributed by atoms with Crippen LogP contribution >= 0.6 is 0 Å². The van der Waals surface area contributed by atoms with Crippen molar-refractivity contribution in [3.05, 3.63) is 46.5 Å². The molecule has 0 saturated carbocycles. The van der Waals surface area contributed by atoms with Gasteiger partial charge in [0.25, 0.3) is 0 Å². The average molecular weight is 353 g/mol. The molecule has 134 valence electrons. The summed E-state index contributed by atoms with van der Waals surface area (Å²) < 4.78 is 1.70. The Morgan fingerprint density at radius 3 is 2.85 bits per heavy atom. The van der Waals surface area contributed by atoms with Crippen LogP contribution in [0, 0.1) is 0 Å². The molecule has 1 fully saturated rings. The minimum absolute atomic E-state index is 0.0372. The Morgan fingerprint density at radius 1 is 1.27 bits per heavy atom. The summed E-state index contributed by atoms with van der Waals surface area (Å²) in [6, 6.07) is 4.48. The highest BCUT2D eigenvalue weighted by Gasteiger charge is 2.40. The van der Waals surface area contributed by atoms with E-state index in [-0.39, 0.29) is 22.9 Å².